The summed E-state index contributed by atoms with van der Waals surface area (Å²) in [6, 6.07) is 30.1. The van der Waals surface area contributed by atoms with Crippen LogP contribution >= 0.6 is 63.7 Å². The molecule has 3 aliphatic rings. The minimum Gasteiger partial charge on any atom is -0.340 e. The fourth-order valence-corrected chi connectivity index (χ4v) is 8.81. The van der Waals surface area contributed by atoms with Gasteiger partial charge in [0.25, 0.3) is 0 Å². The van der Waals surface area contributed by atoms with Gasteiger partial charge in [0.05, 0.1) is 0 Å². The van der Waals surface area contributed by atoms with Crippen LogP contribution in [-0.4, -0.2) is 5.78 Å². The Hall–Kier alpha value is -2.97. The predicted octanol–water partition coefficient (Wildman–Crippen LogP) is 13.0. The molecule has 4 aromatic rings. The molecule has 0 saturated heterocycles. The van der Waals surface area contributed by atoms with Crippen LogP contribution < -0.4 is 9.80 Å². The van der Waals surface area contributed by atoms with Gasteiger partial charge in [0.15, 0.2) is 5.78 Å². The summed E-state index contributed by atoms with van der Waals surface area (Å²) in [5.74, 6) is 0.143. The second kappa shape index (κ2) is 13.9. The second-order valence-corrected chi connectivity index (χ2v) is 18.0. The van der Waals surface area contributed by atoms with Gasteiger partial charge in [-0.15, -0.1) is 0 Å². The summed E-state index contributed by atoms with van der Waals surface area (Å²) in [5, 5.41) is 0. The number of fused-ring (bicyclic) bond motifs is 2. The van der Waals surface area contributed by atoms with Crippen LogP contribution in [-0.2, 0) is 28.7 Å². The molecule has 3 nitrogen and oxygen atoms in total. The highest BCUT2D eigenvalue weighted by atomic mass is 79.9. The predicted molar refractivity (Wildman–Crippen MR) is 222 cm³/mol. The average molecular weight is 918 g/mol. The lowest BCUT2D eigenvalue weighted by atomic mass is 9.83. The van der Waals surface area contributed by atoms with E-state index in [1.165, 1.54) is 45.0 Å². The van der Waals surface area contributed by atoms with Crippen molar-refractivity contribution in [3.05, 3.63) is 172 Å². The molecule has 7 rings (SSSR count). The number of ketones is 1. The molecular weight excluding hydrogens is 880 g/mol. The molecular formula is C43H38Br4N2O. The van der Waals surface area contributed by atoms with Crippen molar-refractivity contribution in [3.8, 4) is 0 Å². The van der Waals surface area contributed by atoms with Crippen LogP contribution in [0.3, 0.4) is 0 Å². The van der Waals surface area contributed by atoms with Crippen molar-refractivity contribution < 1.29 is 4.79 Å². The number of Topliss-reactive ketones (excluding diaryl/α,β-unsaturated/α-hetero) is 1. The number of allylic oxidation sites excluding steroid dienone is 8. The minimum atomic E-state index is -0.230. The van der Waals surface area contributed by atoms with Crippen LogP contribution in [0.1, 0.15) is 62.8 Å². The molecule has 2 aliphatic heterocycles. The van der Waals surface area contributed by atoms with Crippen LogP contribution in [0.5, 0.6) is 0 Å². The SMILES string of the molecule is CC1(C)/C(=C\C=C2\CC/C(=C\C=C3\N(Cc4ccc(Br)cc4)c4ccc(Br)cc4C3(C)C)C2=O)N(Cc2ccc(Br)cc2)c2ccc(Br)cc21. The van der Waals surface area contributed by atoms with Crippen LogP contribution in [0.15, 0.2) is 150 Å². The van der Waals surface area contributed by atoms with E-state index < -0.39 is 0 Å². The molecule has 0 N–H and O–H groups in total. The molecule has 0 unspecified atom stereocenters. The van der Waals surface area contributed by atoms with E-state index in [9.17, 15) is 4.79 Å². The molecule has 2 heterocycles. The van der Waals surface area contributed by atoms with Crippen LogP contribution in [0, 0.1) is 0 Å². The van der Waals surface area contributed by atoms with Gasteiger partial charge in [-0.05, 0) is 108 Å². The molecule has 1 fully saturated rings. The number of rotatable bonds is 6. The molecule has 7 heteroatoms. The molecule has 254 valence electrons. The Bertz CT molecular complexity index is 1970. The summed E-state index contributed by atoms with van der Waals surface area (Å²) in [5.41, 5.74) is 11.1. The van der Waals surface area contributed by atoms with E-state index in [4.69, 9.17) is 0 Å². The van der Waals surface area contributed by atoms with E-state index in [0.29, 0.717) is 0 Å². The van der Waals surface area contributed by atoms with Gasteiger partial charge in [0.2, 0.25) is 0 Å². The Morgan fingerprint density at radius 2 is 0.900 bits per heavy atom. The number of carbonyl (C=O) groups is 1. The largest absolute Gasteiger partial charge is 0.340 e. The van der Waals surface area contributed by atoms with Crippen molar-refractivity contribution in [2.45, 2.75) is 64.5 Å². The standard InChI is InChI=1S/C43H38Br4N2O/c1-42(2)35-23-33(46)17-19-37(35)48(25-27-5-13-31(44)14-6-27)39(42)21-11-29-9-10-30(41(29)50)12-22-40-43(3,4)36-24-34(47)18-20-38(36)49(40)26-28-7-15-32(45)16-8-28/h5-8,11-24H,9-10,25-26H2,1-4H3/b29-11-,30-12+,39-21+,40-22+. The van der Waals surface area contributed by atoms with Crippen molar-refractivity contribution in [2.75, 3.05) is 9.80 Å². The monoisotopic (exact) mass is 914 g/mol. The Balaban J connectivity index is 1.20. The lowest BCUT2D eigenvalue weighted by molar-refractivity contribution is -0.111. The van der Waals surface area contributed by atoms with Crippen molar-refractivity contribution >= 4 is 80.9 Å². The zero-order chi connectivity index (χ0) is 35.4. The number of hydrogen-bond acceptors (Lipinski definition) is 3. The van der Waals surface area contributed by atoms with Gasteiger partial charge in [-0.1, -0.05) is 128 Å². The van der Waals surface area contributed by atoms with Crippen molar-refractivity contribution in [2.24, 2.45) is 0 Å². The number of benzene rings is 4. The third kappa shape index (κ3) is 6.71. The Labute approximate surface area is 329 Å². The van der Waals surface area contributed by atoms with E-state index in [-0.39, 0.29) is 16.6 Å². The summed E-state index contributed by atoms with van der Waals surface area (Å²) in [6.45, 7) is 10.6. The van der Waals surface area contributed by atoms with E-state index in [0.717, 1.165) is 55.0 Å². The van der Waals surface area contributed by atoms with Gasteiger partial charge in [-0.2, -0.15) is 0 Å². The first-order valence-electron chi connectivity index (χ1n) is 16.8. The summed E-state index contributed by atoms with van der Waals surface area (Å²) in [7, 11) is 0. The maximum absolute atomic E-state index is 13.9. The number of halogens is 4. The number of carbonyl (C=O) groups excluding carboxylic acids is 1. The van der Waals surface area contributed by atoms with Crippen LogP contribution in [0.25, 0.3) is 0 Å². The maximum atomic E-state index is 13.9. The molecule has 1 saturated carbocycles. The maximum Gasteiger partial charge on any atom is 0.185 e. The van der Waals surface area contributed by atoms with Crippen LogP contribution in [0.4, 0.5) is 11.4 Å². The number of nitrogens with zero attached hydrogens (tertiary/aromatic N) is 2. The van der Waals surface area contributed by atoms with E-state index in [1.54, 1.807) is 0 Å². The Kier molecular flexibility index (Phi) is 9.83. The van der Waals surface area contributed by atoms with E-state index in [2.05, 4.69) is 210 Å². The van der Waals surface area contributed by atoms with E-state index >= 15 is 0 Å². The molecule has 0 atom stereocenters. The Morgan fingerprint density at radius 3 is 1.28 bits per heavy atom. The zero-order valence-electron chi connectivity index (χ0n) is 28.5. The van der Waals surface area contributed by atoms with Gasteiger partial charge in [-0.25, -0.2) is 0 Å². The smallest absolute Gasteiger partial charge is 0.185 e. The van der Waals surface area contributed by atoms with Gasteiger partial charge < -0.3 is 9.80 Å². The molecule has 0 spiro atoms. The fourth-order valence-electron chi connectivity index (χ4n) is 7.56. The zero-order valence-corrected chi connectivity index (χ0v) is 34.9. The first-order valence-corrected chi connectivity index (χ1v) is 20.0. The molecule has 0 bridgehead atoms. The topological polar surface area (TPSA) is 23.6 Å². The lowest BCUT2D eigenvalue weighted by Gasteiger charge is -2.27. The summed E-state index contributed by atoms with van der Waals surface area (Å²) in [4.78, 5) is 18.7. The summed E-state index contributed by atoms with van der Waals surface area (Å²) < 4.78 is 4.27. The molecule has 0 radical (unpaired) electrons. The van der Waals surface area contributed by atoms with Gasteiger partial charge in [-0.3, -0.25) is 4.79 Å². The molecule has 50 heavy (non-hydrogen) atoms. The van der Waals surface area contributed by atoms with Gasteiger partial charge in [0.1, 0.15) is 0 Å². The van der Waals surface area contributed by atoms with Crippen molar-refractivity contribution in [1.82, 2.24) is 0 Å². The average Bonchev–Trinajstić information content (AvgIpc) is 3.60. The van der Waals surface area contributed by atoms with Crippen molar-refractivity contribution in [3.63, 3.8) is 0 Å². The number of hydrogen-bond donors (Lipinski definition) is 0. The fraction of sp³-hybridized carbons (Fsp3) is 0.233. The Morgan fingerprint density at radius 1 is 0.540 bits per heavy atom. The third-order valence-corrected chi connectivity index (χ3v) is 12.4. The first-order chi connectivity index (χ1) is 23.8. The molecule has 0 aromatic heterocycles. The summed E-state index contributed by atoms with van der Waals surface area (Å²) in [6.07, 6.45) is 10.0. The lowest BCUT2D eigenvalue weighted by Crippen LogP contribution is -2.25. The first kappa shape index (κ1) is 35.4. The quantitative estimate of drug-likeness (QED) is 0.180. The van der Waals surface area contributed by atoms with E-state index in [1.807, 2.05) is 0 Å². The highest BCUT2D eigenvalue weighted by molar-refractivity contribution is 9.11. The highest BCUT2D eigenvalue weighted by Crippen LogP contribution is 2.51. The van der Waals surface area contributed by atoms with Crippen molar-refractivity contribution in [1.29, 1.82) is 0 Å². The minimum absolute atomic E-state index is 0.143. The molecule has 4 aromatic carbocycles. The van der Waals surface area contributed by atoms with Gasteiger partial charge in [0, 0.05) is 75.7 Å². The molecule has 0 amide bonds. The third-order valence-electron chi connectivity index (χ3n) is 10.3. The second-order valence-electron chi connectivity index (χ2n) is 14.3. The highest BCUT2D eigenvalue weighted by Gasteiger charge is 2.41. The van der Waals surface area contributed by atoms with Crippen LogP contribution in [0.2, 0.25) is 0 Å². The normalized spacial score (nSPS) is 20.8. The van der Waals surface area contributed by atoms with Gasteiger partial charge >= 0.3 is 0 Å². The molecule has 1 aliphatic carbocycles. The summed E-state index contributed by atoms with van der Waals surface area (Å²) >= 11 is 14.6. The number of anilines is 2.